The van der Waals surface area contributed by atoms with Crippen LogP contribution in [-0.2, 0) is 9.59 Å². The van der Waals surface area contributed by atoms with Gasteiger partial charge in [-0.05, 0) is 13.8 Å². The van der Waals surface area contributed by atoms with E-state index in [4.69, 9.17) is 0 Å². The summed E-state index contributed by atoms with van der Waals surface area (Å²) >= 11 is 0. The normalized spacial score (nSPS) is 9.70. The SMILES string of the molecule is C[C](C(C)=O)C(=O)N(C)C. The lowest BCUT2D eigenvalue weighted by atomic mass is 10.1. The summed E-state index contributed by atoms with van der Waals surface area (Å²) in [7, 11) is 3.24. The minimum atomic E-state index is -0.215. The summed E-state index contributed by atoms with van der Waals surface area (Å²) in [5.41, 5.74) is 0. The second-order valence-corrected chi connectivity index (χ2v) is 2.38. The van der Waals surface area contributed by atoms with Gasteiger partial charge in [0.15, 0.2) is 0 Å². The fourth-order valence-electron chi connectivity index (χ4n) is 0.486. The van der Waals surface area contributed by atoms with Gasteiger partial charge in [0.2, 0.25) is 5.91 Å². The molecule has 1 amide bonds. The van der Waals surface area contributed by atoms with Crippen molar-refractivity contribution in [3.8, 4) is 0 Å². The van der Waals surface area contributed by atoms with Gasteiger partial charge in [-0.3, -0.25) is 9.59 Å². The first-order valence-corrected chi connectivity index (χ1v) is 3.03. The molecule has 10 heavy (non-hydrogen) atoms. The van der Waals surface area contributed by atoms with E-state index in [0.717, 1.165) is 0 Å². The van der Waals surface area contributed by atoms with Crippen molar-refractivity contribution >= 4 is 11.7 Å². The third kappa shape index (κ3) is 2.17. The van der Waals surface area contributed by atoms with Gasteiger partial charge in [0, 0.05) is 14.1 Å². The highest BCUT2D eigenvalue weighted by atomic mass is 16.2. The van der Waals surface area contributed by atoms with E-state index in [2.05, 4.69) is 0 Å². The van der Waals surface area contributed by atoms with Crippen LogP contribution in [0, 0.1) is 5.92 Å². The lowest BCUT2D eigenvalue weighted by Gasteiger charge is -2.12. The molecule has 0 aromatic heterocycles. The third-order valence-corrected chi connectivity index (χ3v) is 1.26. The second kappa shape index (κ2) is 3.34. The van der Waals surface area contributed by atoms with Crippen LogP contribution in [0.5, 0.6) is 0 Å². The van der Waals surface area contributed by atoms with E-state index < -0.39 is 0 Å². The van der Waals surface area contributed by atoms with Crippen molar-refractivity contribution in [1.29, 1.82) is 0 Å². The number of nitrogens with zero attached hydrogens (tertiary/aromatic N) is 1. The molecule has 0 bridgehead atoms. The number of amides is 1. The molecule has 0 aliphatic heterocycles. The number of carbonyl (C=O) groups excluding carboxylic acids is 2. The molecule has 0 unspecified atom stereocenters. The first-order valence-electron chi connectivity index (χ1n) is 3.03. The van der Waals surface area contributed by atoms with Crippen molar-refractivity contribution in [2.75, 3.05) is 14.1 Å². The van der Waals surface area contributed by atoms with Gasteiger partial charge >= 0.3 is 0 Å². The number of Topliss-reactive ketones (excluding diaryl/α,β-unsaturated/α-hetero) is 1. The molecule has 0 heterocycles. The first kappa shape index (κ1) is 9.14. The van der Waals surface area contributed by atoms with Crippen LogP contribution in [0.4, 0.5) is 0 Å². The van der Waals surface area contributed by atoms with Crippen LogP contribution in [0.15, 0.2) is 0 Å². The van der Waals surface area contributed by atoms with E-state index >= 15 is 0 Å². The highest BCUT2D eigenvalue weighted by Gasteiger charge is 2.19. The zero-order chi connectivity index (χ0) is 8.31. The molecule has 0 spiro atoms. The molecule has 0 atom stereocenters. The summed E-state index contributed by atoms with van der Waals surface area (Å²) in [5, 5.41) is 0. The molecule has 0 saturated carbocycles. The Kier molecular flexibility index (Phi) is 3.06. The summed E-state index contributed by atoms with van der Waals surface area (Å²) in [6, 6.07) is 0. The van der Waals surface area contributed by atoms with Crippen molar-refractivity contribution in [1.82, 2.24) is 4.90 Å². The van der Waals surface area contributed by atoms with Gasteiger partial charge in [-0.2, -0.15) is 0 Å². The third-order valence-electron chi connectivity index (χ3n) is 1.26. The Morgan fingerprint density at radius 1 is 1.10 bits per heavy atom. The molecule has 0 N–H and O–H groups in total. The standard InChI is InChI=1S/C7H12NO2/c1-5(6(2)9)7(10)8(3)4/h1-4H3. The van der Waals surface area contributed by atoms with Crippen LogP contribution >= 0.6 is 0 Å². The van der Waals surface area contributed by atoms with Crippen LogP contribution in [0.1, 0.15) is 13.8 Å². The molecule has 0 aromatic carbocycles. The van der Waals surface area contributed by atoms with E-state index in [-0.39, 0.29) is 17.6 Å². The average molecular weight is 142 g/mol. The summed E-state index contributed by atoms with van der Waals surface area (Å²) in [5.74, 6) is -0.101. The van der Waals surface area contributed by atoms with Crippen molar-refractivity contribution in [3.63, 3.8) is 0 Å². The topological polar surface area (TPSA) is 37.4 Å². The molecule has 0 rings (SSSR count). The maximum atomic E-state index is 11.0. The number of rotatable bonds is 2. The van der Waals surface area contributed by atoms with E-state index in [9.17, 15) is 9.59 Å². The first-order chi connectivity index (χ1) is 4.46. The molecular weight excluding hydrogens is 130 g/mol. The van der Waals surface area contributed by atoms with Gasteiger partial charge in [0.25, 0.3) is 0 Å². The minimum Gasteiger partial charge on any atom is -0.348 e. The predicted octanol–water partition coefficient (Wildman–Crippen LogP) is 0.258. The Labute approximate surface area is 61.0 Å². The molecule has 1 radical (unpaired) electrons. The zero-order valence-electron chi connectivity index (χ0n) is 6.76. The monoisotopic (exact) mass is 142 g/mol. The van der Waals surface area contributed by atoms with Crippen molar-refractivity contribution in [2.24, 2.45) is 0 Å². The van der Waals surface area contributed by atoms with Gasteiger partial charge in [-0.1, -0.05) is 0 Å². The van der Waals surface area contributed by atoms with E-state index in [1.54, 1.807) is 14.1 Å². The maximum Gasteiger partial charge on any atom is 0.237 e. The number of hydrogen-bond acceptors (Lipinski definition) is 2. The Morgan fingerprint density at radius 3 is 1.60 bits per heavy atom. The minimum absolute atomic E-state index is 0.168. The summed E-state index contributed by atoms with van der Waals surface area (Å²) < 4.78 is 0. The van der Waals surface area contributed by atoms with Crippen molar-refractivity contribution in [2.45, 2.75) is 13.8 Å². The summed E-state index contributed by atoms with van der Waals surface area (Å²) in [6.07, 6.45) is 0. The fraction of sp³-hybridized carbons (Fsp3) is 0.571. The highest BCUT2D eigenvalue weighted by Crippen LogP contribution is 2.02. The maximum absolute atomic E-state index is 11.0. The molecule has 0 aliphatic rings. The predicted molar refractivity (Wildman–Crippen MR) is 38.3 cm³/mol. The molecule has 57 valence electrons. The summed E-state index contributed by atoms with van der Waals surface area (Å²) in [6.45, 7) is 2.92. The summed E-state index contributed by atoms with van der Waals surface area (Å²) in [4.78, 5) is 22.9. The van der Waals surface area contributed by atoms with Crippen LogP contribution in [0.2, 0.25) is 0 Å². The van der Waals surface area contributed by atoms with E-state index in [1.807, 2.05) is 0 Å². The van der Waals surface area contributed by atoms with E-state index in [0.29, 0.717) is 0 Å². The molecule has 0 aromatic rings. The van der Waals surface area contributed by atoms with Crippen LogP contribution < -0.4 is 0 Å². The van der Waals surface area contributed by atoms with Crippen molar-refractivity contribution in [3.05, 3.63) is 5.92 Å². The molecule has 3 nitrogen and oxygen atoms in total. The average Bonchev–Trinajstić information content (AvgIpc) is 1.84. The lowest BCUT2D eigenvalue weighted by molar-refractivity contribution is -0.130. The van der Waals surface area contributed by atoms with Crippen LogP contribution in [-0.4, -0.2) is 30.7 Å². The highest BCUT2D eigenvalue weighted by molar-refractivity contribution is 6.13. The Hall–Kier alpha value is -0.860. The number of carbonyl (C=O) groups is 2. The Morgan fingerprint density at radius 2 is 1.50 bits per heavy atom. The van der Waals surface area contributed by atoms with Crippen LogP contribution in [0.3, 0.4) is 0 Å². The molecule has 3 heteroatoms. The molecule has 0 saturated heterocycles. The van der Waals surface area contributed by atoms with Gasteiger partial charge in [-0.15, -0.1) is 0 Å². The zero-order valence-corrected chi connectivity index (χ0v) is 6.76. The number of ketones is 1. The van der Waals surface area contributed by atoms with E-state index in [1.165, 1.54) is 18.7 Å². The van der Waals surface area contributed by atoms with Gasteiger partial charge in [0.05, 0.1) is 0 Å². The smallest absolute Gasteiger partial charge is 0.237 e. The molecule has 0 aliphatic carbocycles. The quantitative estimate of drug-likeness (QED) is 0.518. The van der Waals surface area contributed by atoms with Crippen LogP contribution in [0.25, 0.3) is 0 Å². The Balaban J connectivity index is 4.08. The number of hydrogen-bond donors (Lipinski definition) is 0. The van der Waals surface area contributed by atoms with Gasteiger partial charge < -0.3 is 4.90 Å². The fourth-order valence-corrected chi connectivity index (χ4v) is 0.486. The van der Waals surface area contributed by atoms with Crippen molar-refractivity contribution < 1.29 is 9.59 Å². The second-order valence-electron chi connectivity index (χ2n) is 2.38. The molecular formula is C7H12NO2. The Bertz CT molecular complexity index is 152. The lowest BCUT2D eigenvalue weighted by Crippen LogP contribution is -2.30. The molecule has 0 fully saturated rings. The van der Waals surface area contributed by atoms with Gasteiger partial charge in [-0.25, -0.2) is 0 Å². The van der Waals surface area contributed by atoms with Gasteiger partial charge in [0.1, 0.15) is 11.7 Å². The largest absolute Gasteiger partial charge is 0.348 e.